The summed E-state index contributed by atoms with van der Waals surface area (Å²) in [4.78, 5) is 22.6. The normalized spacial score (nSPS) is 10.8. The summed E-state index contributed by atoms with van der Waals surface area (Å²) in [5, 5.41) is 0.715. The molecule has 2 aromatic carbocycles. The minimum atomic E-state index is -0.0911. The minimum Gasteiger partial charge on any atom is -0.484 e. The monoisotopic (exact) mass is 451 g/mol. The maximum atomic E-state index is 12.9. The van der Waals surface area contributed by atoms with Gasteiger partial charge >= 0.3 is 0 Å². The van der Waals surface area contributed by atoms with Gasteiger partial charge in [-0.2, -0.15) is 0 Å². The highest BCUT2D eigenvalue weighted by Crippen LogP contribution is 2.31. The van der Waals surface area contributed by atoms with Gasteiger partial charge in [0.25, 0.3) is 5.91 Å². The van der Waals surface area contributed by atoms with Gasteiger partial charge in [-0.25, -0.2) is 4.98 Å². The van der Waals surface area contributed by atoms with Crippen LogP contribution in [0.3, 0.4) is 0 Å². The molecule has 0 aliphatic carbocycles. The smallest absolute Gasteiger partial charge is 0.266 e. The number of rotatable bonds is 8. The average Bonchev–Trinajstić information content (AvgIpc) is 3.10. The molecule has 3 aromatic rings. The first kappa shape index (κ1) is 23.5. The molecule has 1 amide bonds. The molecule has 0 aliphatic rings. The van der Waals surface area contributed by atoms with Crippen molar-refractivity contribution in [1.29, 1.82) is 0 Å². The molecular formula is C21H26ClN3O2S2. The molecule has 29 heavy (non-hydrogen) atoms. The number of carbonyl (C=O) groups excluding carboxylic acids is 1. The molecule has 1 heterocycles. The van der Waals surface area contributed by atoms with Gasteiger partial charge < -0.3 is 9.64 Å². The summed E-state index contributed by atoms with van der Waals surface area (Å²) in [7, 11) is 3.99. The molecule has 0 saturated heterocycles. The lowest BCUT2D eigenvalue weighted by Crippen LogP contribution is -2.39. The first-order chi connectivity index (χ1) is 13.5. The van der Waals surface area contributed by atoms with Gasteiger partial charge in [-0.05, 0) is 57.6 Å². The van der Waals surface area contributed by atoms with E-state index in [-0.39, 0.29) is 24.9 Å². The number of hydrogen-bond donors (Lipinski definition) is 0. The quantitative estimate of drug-likeness (QED) is 0.463. The van der Waals surface area contributed by atoms with E-state index in [0.717, 1.165) is 22.3 Å². The number of likely N-dealkylation sites (N-methyl/N-ethyl adjacent to an activating group) is 1. The van der Waals surface area contributed by atoms with Crippen LogP contribution in [-0.4, -0.2) is 55.8 Å². The first-order valence-corrected chi connectivity index (χ1v) is 11.1. The highest BCUT2D eigenvalue weighted by molar-refractivity contribution is 7.98. The predicted molar refractivity (Wildman–Crippen MR) is 126 cm³/mol. The number of fused-ring (bicyclic) bond motifs is 1. The minimum absolute atomic E-state index is 0. The maximum Gasteiger partial charge on any atom is 0.266 e. The number of benzene rings is 2. The highest BCUT2D eigenvalue weighted by Gasteiger charge is 2.20. The number of carbonyl (C=O) groups is 1. The second-order valence-electron chi connectivity index (χ2n) is 6.78. The standard InChI is InChI=1S/C21H25N3O2S2.ClH/c1-15-5-7-16(8-6-15)26-14-20(25)24(12-11-23(2)3)21-22-18-10-9-17(27-4)13-19(18)28-21;/h5-10,13H,11-12,14H2,1-4H3;1H. The van der Waals surface area contributed by atoms with E-state index in [1.807, 2.05) is 51.4 Å². The zero-order chi connectivity index (χ0) is 20.1. The van der Waals surface area contributed by atoms with E-state index in [1.165, 1.54) is 4.90 Å². The molecule has 0 bridgehead atoms. The Bertz CT molecular complexity index is 945. The van der Waals surface area contributed by atoms with Gasteiger partial charge in [0.05, 0.1) is 10.2 Å². The van der Waals surface area contributed by atoms with Gasteiger partial charge in [0.1, 0.15) is 5.75 Å². The Morgan fingerprint density at radius 2 is 1.86 bits per heavy atom. The summed E-state index contributed by atoms with van der Waals surface area (Å²) < 4.78 is 6.80. The number of anilines is 1. The van der Waals surface area contributed by atoms with Gasteiger partial charge in [-0.15, -0.1) is 24.2 Å². The van der Waals surface area contributed by atoms with Crippen LogP contribution in [0.2, 0.25) is 0 Å². The van der Waals surface area contributed by atoms with Crippen LogP contribution in [0.1, 0.15) is 5.56 Å². The van der Waals surface area contributed by atoms with Crippen LogP contribution in [0.5, 0.6) is 5.75 Å². The molecule has 0 saturated carbocycles. The fourth-order valence-corrected chi connectivity index (χ4v) is 4.18. The van der Waals surface area contributed by atoms with Crippen LogP contribution in [-0.2, 0) is 4.79 Å². The third kappa shape index (κ3) is 6.34. The Morgan fingerprint density at radius 1 is 1.14 bits per heavy atom. The van der Waals surface area contributed by atoms with Crippen molar-refractivity contribution in [2.75, 3.05) is 44.9 Å². The van der Waals surface area contributed by atoms with Gasteiger partial charge in [-0.3, -0.25) is 9.69 Å². The lowest BCUT2D eigenvalue weighted by atomic mass is 10.2. The number of aryl methyl sites for hydroxylation is 1. The van der Waals surface area contributed by atoms with Gasteiger partial charge in [0, 0.05) is 18.0 Å². The van der Waals surface area contributed by atoms with Gasteiger partial charge in [0.15, 0.2) is 11.7 Å². The number of thiazole rings is 1. The molecule has 5 nitrogen and oxygen atoms in total. The average molecular weight is 452 g/mol. The molecule has 0 spiro atoms. The highest BCUT2D eigenvalue weighted by atomic mass is 35.5. The summed E-state index contributed by atoms with van der Waals surface area (Å²) in [5.74, 6) is 0.604. The predicted octanol–water partition coefficient (Wildman–Crippen LogP) is 4.72. The van der Waals surface area contributed by atoms with Crippen LogP contribution in [0.15, 0.2) is 47.4 Å². The van der Waals surface area contributed by atoms with E-state index in [1.54, 1.807) is 28.0 Å². The van der Waals surface area contributed by atoms with Crippen molar-refractivity contribution in [3.8, 4) is 5.75 Å². The van der Waals surface area contributed by atoms with Gasteiger partial charge in [0.2, 0.25) is 0 Å². The number of nitrogens with zero attached hydrogens (tertiary/aromatic N) is 3. The molecule has 0 aliphatic heterocycles. The Hall–Kier alpha value is -1.80. The summed E-state index contributed by atoms with van der Waals surface area (Å²) in [6.07, 6.45) is 2.05. The largest absolute Gasteiger partial charge is 0.484 e. The Balaban J connectivity index is 0.00000300. The summed E-state index contributed by atoms with van der Waals surface area (Å²) in [6.45, 7) is 3.33. The number of thioether (sulfide) groups is 1. The fraction of sp³-hybridized carbons (Fsp3) is 0.333. The number of amides is 1. The molecule has 0 N–H and O–H groups in total. The van der Waals surface area contributed by atoms with E-state index in [9.17, 15) is 4.79 Å². The van der Waals surface area contributed by atoms with Crippen molar-refractivity contribution >= 4 is 56.8 Å². The molecular weight excluding hydrogens is 426 g/mol. The maximum absolute atomic E-state index is 12.9. The summed E-state index contributed by atoms with van der Waals surface area (Å²) in [5.41, 5.74) is 2.07. The van der Waals surface area contributed by atoms with E-state index in [2.05, 4.69) is 23.3 Å². The Morgan fingerprint density at radius 3 is 2.52 bits per heavy atom. The third-order valence-electron chi connectivity index (χ3n) is 4.27. The summed E-state index contributed by atoms with van der Waals surface area (Å²) >= 11 is 3.25. The number of hydrogen-bond acceptors (Lipinski definition) is 6. The van der Waals surface area contributed by atoms with Crippen LogP contribution in [0.4, 0.5) is 5.13 Å². The number of ether oxygens (including phenoxy) is 1. The van der Waals surface area contributed by atoms with Crippen LogP contribution in [0.25, 0.3) is 10.2 Å². The van der Waals surface area contributed by atoms with E-state index in [0.29, 0.717) is 17.4 Å². The van der Waals surface area contributed by atoms with Crippen molar-refractivity contribution < 1.29 is 9.53 Å². The Labute approximate surface area is 186 Å². The van der Waals surface area contributed by atoms with Crippen molar-refractivity contribution in [2.45, 2.75) is 11.8 Å². The van der Waals surface area contributed by atoms with Crippen molar-refractivity contribution in [3.63, 3.8) is 0 Å². The SMILES string of the molecule is CSc1ccc2nc(N(CCN(C)C)C(=O)COc3ccc(C)cc3)sc2c1.Cl. The molecule has 0 fully saturated rings. The molecule has 0 radical (unpaired) electrons. The van der Waals surface area contributed by atoms with Crippen LogP contribution >= 0.6 is 35.5 Å². The van der Waals surface area contributed by atoms with Crippen molar-refractivity contribution in [1.82, 2.24) is 9.88 Å². The second kappa shape index (κ2) is 10.8. The molecule has 0 atom stereocenters. The zero-order valence-electron chi connectivity index (χ0n) is 17.0. The molecule has 156 valence electrons. The van der Waals surface area contributed by atoms with Gasteiger partial charge in [-0.1, -0.05) is 29.0 Å². The molecule has 3 rings (SSSR count). The van der Waals surface area contributed by atoms with Crippen LogP contribution in [0, 0.1) is 6.92 Å². The zero-order valence-corrected chi connectivity index (χ0v) is 19.5. The first-order valence-electron chi connectivity index (χ1n) is 9.05. The number of halogens is 1. The summed E-state index contributed by atoms with van der Waals surface area (Å²) in [6, 6.07) is 13.9. The van der Waals surface area contributed by atoms with E-state index in [4.69, 9.17) is 9.72 Å². The third-order valence-corrected chi connectivity index (χ3v) is 6.04. The van der Waals surface area contributed by atoms with Crippen molar-refractivity contribution in [2.24, 2.45) is 0 Å². The number of aromatic nitrogens is 1. The van der Waals surface area contributed by atoms with Crippen LogP contribution < -0.4 is 9.64 Å². The molecule has 1 aromatic heterocycles. The van der Waals surface area contributed by atoms with E-state index < -0.39 is 0 Å². The topological polar surface area (TPSA) is 45.7 Å². The molecule has 0 unspecified atom stereocenters. The second-order valence-corrected chi connectivity index (χ2v) is 8.67. The Kier molecular flexibility index (Phi) is 8.77. The fourth-order valence-electron chi connectivity index (χ4n) is 2.62. The van der Waals surface area contributed by atoms with E-state index >= 15 is 0 Å². The molecule has 8 heteroatoms. The van der Waals surface area contributed by atoms with Crippen molar-refractivity contribution in [3.05, 3.63) is 48.0 Å². The lowest BCUT2D eigenvalue weighted by Gasteiger charge is -2.22. The lowest BCUT2D eigenvalue weighted by molar-refractivity contribution is -0.120.